The highest BCUT2D eigenvalue weighted by molar-refractivity contribution is 9.10. The fraction of sp³-hybridized carbons (Fsp3) is 0. The number of rotatable bonds is 2. The van der Waals surface area contributed by atoms with E-state index in [0.717, 1.165) is 12.1 Å². The summed E-state index contributed by atoms with van der Waals surface area (Å²) in [6, 6.07) is 6.70. The highest BCUT2D eigenvalue weighted by atomic mass is 79.9. The third kappa shape index (κ3) is 2.73. The van der Waals surface area contributed by atoms with Gasteiger partial charge in [0.05, 0.1) is 5.02 Å². The molecule has 0 aliphatic carbocycles. The summed E-state index contributed by atoms with van der Waals surface area (Å²) >= 11 is 9.08. The number of ether oxygens (including phenoxy) is 1. The van der Waals surface area contributed by atoms with E-state index in [4.69, 9.17) is 22.1 Å². The third-order valence-electron chi connectivity index (χ3n) is 2.13. The van der Waals surface area contributed by atoms with E-state index in [9.17, 15) is 8.78 Å². The van der Waals surface area contributed by atoms with Crippen molar-refractivity contribution in [2.75, 3.05) is 5.73 Å². The highest BCUT2D eigenvalue weighted by Gasteiger charge is 2.14. The van der Waals surface area contributed by atoms with Gasteiger partial charge in [-0.25, -0.2) is 8.78 Å². The summed E-state index contributed by atoms with van der Waals surface area (Å²) in [4.78, 5) is 0. The Kier molecular flexibility index (Phi) is 3.73. The minimum Gasteiger partial charge on any atom is -0.450 e. The molecule has 0 atom stereocenters. The van der Waals surface area contributed by atoms with E-state index in [1.807, 2.05) is 0 Å². The quantitative estimate of drug-likeness (QED) is 0.804. The number of nitrogens with two attached hydrogens (primary N) is 1. The van der Waals surface area contributed by atoms with Crippen LogP contribution in [0.25, 0.3) is 0 Å². The fourth-order valence-corrected chi connectivity index (χ4v) is 1.84. The molecule has 0 radical (unpaired) electrons. The molecule has 0 unspecified atom stereocenters. The van der Waals surface area contributed by atoms with Crippen LogP contribution in [0.15, 0.2) is 34.8 Å². The summed E-state index contributed by atoms with van der Waals surface area (Å²) in [5, 5.41) is 0.244. The molecule has 6 heteroatoms. The maximum Gasteiger partial charge on any atom is 0.198 e. The normalized spacial score (nSPS) is 10.4. The first-order chi connectivity index (χ1) is 8.47. The van der Waals surface area contributed by atoms with E-state index < -0.39 is 17.4 Å². The molecule has 0 aromatic heterocycles. The van der Waals surface area contributed by atoms with Crippen molar-refractivity contribution in [2.24, 2.45) is 0 Å². The van der Waals surface area contributed by atoms with Gasteiger partial charge < -0.3 is 10.5 Å². The van der Waals surface area contributed by atoms with Gasteiger partial charge in [-0.15, -0.1) is 0 Å². The lowest BCUT2D eigenvalue weighted by molar-refractivity contribution is 0.408. The molecule has 2 rings (SSSR count). The molecule has 2 N–H and O–H groups in total. The van der Waals surface area contributed by atoms with E-state index in [2.05, 4.69) is 15.9 Å². The number of halogens is 4. The second-order valence-corrected chi connectivity index (χ2v) is 4.81. The molecular weight excluding hydrogens is 327 g/mol. The van der Waals surface area contributed by atoms with E-state index in [-0.39, 0.29) is 16.5 Å². The largest absolute Gasteiger partial charge is 0.450 e. The van der Waals surface area contributed by atoms with E-state index in [1.165, 1.54) is 6.07 Å². The van der Waals surface area contributed by atoms with Crippen LogP contribution in [0, 0.1) is 11.6 Å². The van der Waals surface area contributed by atoms with Gasteiger partial charge in [-0.05, 0) is 18.2 Å². The summed E-state index contributed by atoms with van der Waals surface area (Å²) < 4.78 is 32.9. The average molecular weight is 335 g/mol. The zero-order valence-corrected chi connectivity index (χ0v) is 11.2. The number of nitrogen functional groups attached to an aromatic ring is 1. The van der Waals surface area contributed by atoms with Gasteiger partial charge in [0.2, 0.25) is 0 Å². The van der Waals surface area contributed by atoms with Crippen molar-refractivity contribution in [1.29, 1.82) is 0 Å². The van der Waals surface area contributed by atoms with Crippen LogP contribution in [0.2, 0.25) is 5.02 Å². The molecule has 0 spiro atoms. The van der Waals surface area contributed by atoms with Crippen LogP contribution in [-0.4, -0.2) is 0 Å². The molecular formula is C12H7BrClF2NO. The lowest BCUT2D eigenvalue weighted by atomic mass is 10.2. The Labute approximate surface area is 115 Å². The van der Waals surface area contributed by atoms with Gasteiger partial charge in [0, 0.05) is 22.3 Å². The molecule has 0 fully saturated rings. The van der Waals surface area contributed by atoms with Crippen molar-refractivity contribution < 1.29 is 13.5 Å². The third-order valence-corrected chi connectivity index (χ3v) is 2.93. The van der Waals surface area contributed by atoms with Crippen molar-refractivity contribution >= 4 is 33.2 Å². The zero-order valence-electron chi connectivity index (χ0n) is 8.88. The molecule has 2 aromatic rings. The van der Waals surface area contributed by atoms with E-state index in [1.54, 1.807) is 12.1 Å². The van der Waals surface area contributed by atoms with Crippen molar-refractivity contribution in [1.82, 2.24) is 0 Å². The SMILES string of the molecule is Nc1cc(F)c(Oc2cc(Br)ccc2Cl)c(F)c1. The standard InChI is InChI=1S/C12H7BrClF2NO/c13-6-1-2-8(14)11(3-6)18-12-9(15)4-7(17)5-10(12)16/h1-5H,17H2. The molecule has 0 heterocycles. The Morgan fingerprint density at radius 2 is 1.72 bits per heavy atom. The van der Waals surface area contributed by atoms with E-state index in [0.29, 0.717) is 4.47 Å². The van der Waals surface area contributed by atoms with Crippen LogP contribution in [0.1, 0.15) is 0 Å². The minimum atomic E-state index is -0.886. The summed E-state index contributed by atoms with van der Waals surface area (Å²) in [6.45, 7) is 0. The lowest BCUT2D eigenvalue weighted by Gasteiger charge is -2.10. The summed E-state index contributed by atoms with van der Waals surface area (Å²) in [5.74, 6) is -2.16. The molecule has 0 aliphatic rings. The van der Waals surface area contributed by atoms with Gasteiger partial charge >= 0.3 is 0 Å². The van der Waals surface area contributed by atoms with Gasteiger partial charge in [-0.3, -0.25) is 0 Å². The van der Waals surface area contributed by atoms with E-state index >= 15 is 0 Å². The second kappa shape index (κ2) is 5.12. The summed E-state index contributed by atoms with van der Waals surface area (Å²) in [5.41, 5.74) is 5.29. The first-order valence-electron chi connectivity index (χ1n) is 4.85. The van der Waals surface area contributed by atoms with Crippen molar-refractivity contribution in [3.8, 4) is 11.5 Å². The second-order valence-electron chi connectivity index (χ2n) is 3.49. The molecule has 0 amide bonds. The topological polar surface area (TPSA) is 35.2 Å². The summed E-state index contributed by atoms with van der Waals surface area (Å²) in [7, 11) is 0. The molecule has 2 aromatic carbocycles. The molecule has 0 saturated carbocycles. The van der Waals surface area contributed by atoms with Gasteiger partial charge in [0.25, 0.3) is 0 Å². The van der Waals surface area contributed by atoms with Gasteiger partial charge in [-0.1, -0.05) is 27.5 Å². The smallest absolute Gasteiger partial charge is 0.198 e. The number of anilines is 1. The maximum absolute atomic E-state index is 13.5. The van der Waals surface area contributed by atoms with Crippen molar-refractivity contribution in [3.05, 3.63) is 51.5 Å². The van der Waals surface area contributed by atoms with Crippen LogP contribution in [0.5, 0.6) is 11.5 Å². The Morgan fingerprint density at radius 3 is 2.33 bits per heavy atom. The molecule has 2 nitrogen and oxygen atoms in total. The number of hydrogen-bond donors (Lipinski definition) is 1. The molecule has 0 aliphatic heterocycles. The van der Waals surface area contributed by atoms with Crippen molar-refractivity contribution in [3.63, 3.8) is 0 Å². The zero-order chi connectivity index (χ0) is 13.3. The van der Waals surface area contributed by atoms with Gasteiger partial charge in [-0.2, -0.15) is 0 Å². The average Bonchev–Trinajstić information content (AvgIpc) is 2.28. The number of hydrogen-bond acceptors (Lipinski definition) is 2. The first-order valence-corrected chi connectivity index (χ1v) is 6.02. The Balaban J connectivity index is 2.43. The Hall–Kier alpha value is -1.33. The van der Waals surface area contributed by atoms with Crippen LogP contribution in [0.3, 0.4) is 0 Å². The van der Waals surface area contributed by atoms with Crippen LogP contribution in [-0.2, 0) is 0 Å². The molecule has 0 bridgehead atoms. The fourth-order valence-electron chi connectivity index (χ4n) is 1.34. The number of benzene rings is 2. The molecule has 18 heavy (non-hydrogen) atoms. The molecule has 0 saturated heterocycles. The lowest BCUT2D eigenvalue weighted by Crippen LogP contribution is -1.96. The van der Waals surface area contributed by atoms with Crippen molar-refractivity contribution in [2.45, 2.75) is 0 Å². The maximum atomic E-state index is 13.5. The monoisotopic (exact) mass is 333 g/mol. The van der Waals surface area contributed by atoms with Gasteiger partial charge in [0.1, 0.15) is 5.75 Å². The molecule has 94 valence electrons. The summed E-state index contributed by atoms with van der Waals surface area (Å²) in [6.07, 6.45) is 0. The first kappa shape index (κ1) is 13.1. The predicted octanol–water partition coefficient (Wildman–Crippen LogP) is 4.76. The van der Waals surface area contributed by atoms with Crippen LogP contribution >= 0.6 is 27.5 Å². The van der Waals surface area contributed by atoms with Crippen LogP contribution < -0.4 is 10.5 Å². The van der Waals surface area contributed by atoms with Gasteiger partial charge in [0.15, 0.2) is 17.4 Å². The highest BCUT2D eigenvalue weighted by Crippen LogP contribution is 2.35. The van der Waals surface area contributed by atoms with Crippen LogP contribution in [0.4, 0.5) is 14.5 Å². The predicted molar refractivity (Wildman–Crippen MR) is 70.0 cm³/mol. The minimum absolute atomic E-state index is 0.0160. The Bertz CT molecular complexity index is 584. The Morgan fingerprint density at radius 1 is 1.11 bits per heavy atom.